The van der Waals surface area contributed by atoms with Crippen LogP contribution < -0.4 is 21.2 Å². The Labute approximate surface area is 211 Å². The molecular formula is C26H20Br2NiP2. The van der Waals surface area contributed by atoms with Crippen LogP contribution in [0.1, 0.15) is 0 Å². The number of alkyl halides is 2. The Balaban J connectivity index is 1.84. The van der Waals surface area contributed by atoms with Gasteiger partial charge in [-0.25, -0.2) is 0 Å². The van der Waals surface area contributed by atoms with E-state index in [2.05, 4.69) is 153 Å². The summed E-state index contributed by atoms with van der Waals surface area (Å²) in [6.45, 7) is 0. The molecule has 0 heterocycles. The molecule has 31 heavy (non-hydrogen) atoms. The molecule has 0 bridgehead atoms. The summed E-state index contributed by atoms with van der Waals surface area (Å²) < 4.78 is 0.508. The summed E-state index contributed by atoms with van der Waals surface area (Å²) in [4.78, 5) is 0. The van der Waals surface area contributed by atoms with E-state index in [1.165, 1.54) is 21.2 Å². The normalized spacial score (nSPS) is 11.7. The van der Waals surface area contributed by atoms with Crippen LogP contribution in [0.25, 0.3) is 0 Å². The van der Waals surface area contributed by atoms with Crippen molar-refractivity contribution in [2.75, 3.05) is 0 Å². The van der Waals surface area contributed by atoms with Gasteiger partial charge in [-0.1, -0.05) is 0 Å². The Morgan fingerprint density at radius 1 is 0.516 bits per heavy atom. The van der Waals surface area contributed by atoms with Crippen molar-refractivity contribution in [1.29, 1.82) is 0 Å². The third-order valence-corrected chi connectivity index (χ3v) is 15.0. The van der Waals surface area contributed by atoms with Gasteiger partial charge in [0.15, 0.2) is 0 Å². The van der Waals surface area contributed by atoms with Crippen molar-refractivity contribution in [3.8, 4) is 0 Å². The molecule has 0 N–H and O–H groups in total. The predicted octanol–water partition coefficient (Wildman–Crippen LogP) is 6.37. The minimum absolute atomic E-state index is 0.518. The first-order chi connectivity index (χ1) is 15.1. The first-order valence-corrected chi connectivity index (χ1v) is 14.5. The molecule has 0 spiro atoms. The van der Waals surface area contributed by atoms with Crippen molar-refractivity contribution in [2.45, 2.75) is 2.97 Å². The van der Waals surface area contributed by atoms with Crippen molar-refractivity contribution in [1.82, 2.24) is 0 Å². The van der Waals surface area contributed by atoms with Crippen molar-refractivity contribution in [3.63, 3.8) is 0 Å². The summed E-state index contributed by atoms with van der Waals surface area (Å²) in [5, 5.41) is 5.10. The zero-order chi connectivity index (χ0) is 21.7. The van der Waals surface area contributed by atoms with Gasteiger partial charge < -0.3 is 0 Å². The fraction of sp³-hybridized carbons (Fsp3) is 0.0385. The zero-order valence-corrected chi connectivity index (χ0v) is 22.5. The number of rotatable bonds is 7. The molecule has 0 radical (unpaired) electrons. The van der Waals surface area contributed by atoms with E-state index >= 15 is 0 Å². The van der Waals surface area contributed by atoms with E-state index in [0.29, 0.717) is 0 Å². The summed E-state index contributed by atoms with van der Waals surface area (Å²) in [5.41, 5.74) is 0. The van der Waals surface area contributed by atoms with Gasteiger partial charge in [0.25, 0.3) is 0 Å². The standard InChI is InChI=1S/C26H20Br2P2.Ni/c27-26(28,30(24-17-9-3-10-18-24)25-19-11-4-12-20-25)21-29(22-13-5-1-6-14-22)23-15-7-2-8-16-23;/h1-20H;. The van der Waals surface area contributed by atoms with Gasteiger partial charge in [0.05, 0.1) is 0 Å². The molecule has 0 saturated heterocycles. The van der Waals surface area contributed by atoms with Crippen molar-refractivity contribution in [2.24, 2.45) is 0 Å². The van der Waals surface area contributed by atoms with E-state index in [1.54, 1.807) is 0 Å². The van der Waals surface area contributed by atoms with Gasteiger partial charge >= 0.3 is 212 Å². The Bertz CT molecular complexity index is 1040. The van der Waals surface area contributed by atoms with Gasteiger partial charge in [0.2, 0.25) is 0 Å². The van der Waals surface area contributed by atoms with Crippen LogP contribution in [0.2, 0.25) is 0 Å². The van der Waals surface area contributed by atoms with E-state index in [9.17, 15) is 0 Å². The van der Waals surface area contributed by atoms with Gasteiger partial charge in [-0.3, -0.25) is 0 Å². The summed E-state index contributed by atoms with van der Waals surface area (Å²) in [6.07, 6.45) is 0. The Kier molecular flexibility index (Phi) is 8.08. The second-order valence-electron chi connectivity index (χ2n) is 6.82. The van der Waals surface area contributed by atoms with Crippen LogP contribution in [0.3, 0.4) is 0 Å². The zero-order valence-electron chi connectivity index (χ0n) is 16.5. The van der Waals surface area contributed by atoms with Crippen LogP contribution in [-0.2, 0) is 15.0 Å². The van der Waals surface area contributed by atoms with Gasteiger partial charge in [0.1, 0.15) is 0 Å². The van der Waals surface area contributed by atoms with E-state index in [4.69, 9.17) is 15.0 Å². The summed E-state index contributed by atoms with van der Waals surface area (Å²) >= 11 is 14.1. The molecule has 5 heteroatoms. The summed E-state index contributed by atoms with van der Waals surface area (Å²) in [6, 6.07) is 42.7. The average molecular weight is 613 g/mol. The monoisotopic (exact) mass is 610 g/mol. The molecule has 0 fully saturated rings. The van der Waals surface area contributed by atoms with E-state index < -0.39 is 18.8 Å². The number of hydrogen-bond acceptors (Lipinski definition) is 0. The van der Waals surface area contributed by atoms with Crippen LogP contribution >= 0.6 is 47.7 Å². The van der Waals surface area contributed by atoms with Gasteiger partial charge in [0, 0.05) is 0 Å². The fourth-order valence-corrected chi connectivity index (χ4v) is 12.6. The van der Waals surface area contributed by atoms with Crippen LogP contribution in [0, 0.1) is 0 Å². The molecule has 0 saturated carbocycles. The maximum atomic E-state index is 5.90. The first-order valence-electron chi connectivity index (χ1n) is 9.77. The SMILES string of the molecule is [Ni]=[C](P(c1ccccc1)c1ccccc1)C(Br)(Br)P(c1ccccc1)c1ccccc1. The third kappa shape index (κ3) is 5.35. The molecule has 4 aromatic rings. The van der Waals surface area contributed by atoms with Crippen LogP contribution in [0.5, 0.6) is 0 Å². The van der Waals surface area contributed by atoms with E-state index in [-0.39, 0.29) is 0 Å². The second-order valence-corrected chi connectivity index (χ2v) is 16.8. The number of benzene rings is 4. The molecule has 0 aliphatic rings. The molecule has 0 aliphatic carbocycles. The molecule has 0 amide bonds. The van der Waals surface area contributed by atoms with Crippen molar-refractivity contribution >= 4 is 73.2 Å². The second kappa shape index (κ2) is 10.8. The van der Waals surface area contributed by atoms with E-state index in [1.807, 2.05) is 0 Å². The fourth-order valence-electron chi connectivity index (χ4n) is 3.36. The van der Waals surface area contributed by atoms with E-state index in [0.717, 1.165) is 4.23 Å². The minimum atomic E-state index is -0.841. The Hall–Kier alpha value is -0.936. The van der Waals surface area contributed by atoms with Crippen molar-refractivity contribution in [3.05, 3.63) is 121 Å². The summed E-state index contributed by atoms with van der Waals surface area (Å²) in [7, 11) is -1.67. The molecule has 0 nitrogen and oxygen atoms in total. The molecule has 4 rings (SSSR count). The maximum absolute atomic E-state index is 5.90. The van der Waals surface area contributed by atoms with Crippen LogP contribution in [0.15, 0.2) is 121 Å². The van der Waals surface area contributed by atoms with Crippen LogP contribution in [0.4, 0.5) is 0 Å². The number of hydrogen-bond donors (Lipinski definition) is 0. The van der Waals surface area contributed by atoms with Gasteiger partial charge in [-0.15, -0.1) is 0 Å². The predicted molar refractivity (Wildman–Crippen MR) is 144 cm³/mol. The van der Waals surface area contributed by atoms with Crippen LogP contribution in [-0.4, -0.2) is 7.21 Å². The molecule has 0 aromatic heterocycles. The van der Waals surface area contributed by atoms with Crippen molar-refractivity contribution < 1.29 is 15.0 Å². The molecule has 0 aliphatic heterocycles. The molecule has 158 valence electrons. The molecule has 0 unspecified atom stereocenters. The molecule has 4 aromatic carbocycles. The molecular weight excluding hydrogens is 593 g/mol. The number of halogens is 2. The summed E-state index contributed by atoms with van der Waals surface area (Å²) in [5.74, 6) is 0. The Morgan fingerprint density at radius 2 is 0.806 bits per heavy atom. The van der Waals surface area contributed by atoms with Gasteiger partial charge in [-0.05, 0) is 0 Å². The Morgan fingerprint density at radius 3 is 1.13 bits per heavy atom. The quantitative estimate of drug-likeness (QED) is 0.129. The topological polar surface area (TPSA) is 0 Å². The molecule has 0 atom stereocenters. The first kappa shape index (κ1) is 23.2. The average Bonchev–Trinajstić information content (AvgIpc) is 2.82. The third-order valence-electron chi connectivity index (χ3n) is 4.75. The van der Waals surface area contributed by atoms with Gasteiger partial charge in [-0.2, -0.15) is 0 Å².